The van der Waals surface area contributed by atoms with Gasteiger partial charge in [0, 0.05) is 13.1 Å². The van der Waals surface area contributed by atoms with Crippen LogP contribution >= 0.6 is 0 Å². The van der Waals surface area contributed by atoms with Crippen molar-refractivity contribution in [2.75, 3.05) is 20.2 Å². The van der Waals surface area contributed by atoms with E-state index in [2.05, 4.69) is 0 Å². The molecule has 4 heteroatoms. The fraction of sp³-hybridized carbons (Fsp3) is 0.500. The Hall–Kier alpha value is -1.58. The molecule has 0 aliphatic carbocycles. The summed E-state index contributed by atoms with van der Waals surface area (Å²) in [7, 11) is 1.39. The summed E-state index contributed by atoms with van der Waals surface area (Å²) < 4.78 is 18.6. The van der Waals surface area contributed by atoms with Crippen LogP contribution in [-0.2, 0) is 0 Å². The molecule has 0 aromatic heterocycles. The summed E-state index contributed by atoms with van der Waals surface area (Å²) >= 11 is 0. The van der Waals surface area contributed by atoms with Gasteiger partial charge in [0.15, 0.2) is 11.6 Å². The van der Waals surface area contributed by atoms with E-state index >= 15 is 0 Å². The molecule has 1 aliphatic rings. The molecule has 0 N–H and O–H groups in total. The molecule has 98 valence electrons. The zero-order valence-corrected chi connectivity index (χ0v) is 10.6. The minimum Gasteiger partial charge on any atom is -0.493 e. The molecule has 0 unspecified atom stereocenters. The summed E-state index contributed by atoms with van der Waals surface area (Å²) in [5.41, 5.74) is 0.319. The molecule has 1 heterocycles. The van der Waals surface area contributed by atoms with E-state index in [0.29, 0.717) is 5.56 Å². The van der Waals surface area contributed by atoms with Gasteiger partial charge in [-0.3, -0.25) is 4.79 Å². The van der Waals surface area contributed by atoms with Crippen LogP contribution in [0.2, 0.25) is 0 Å². The monoisotopic (exact) mass is 251 g/mol. The second kappa shape index (κ2) is 5.85. The predicted octanol–water partition coefficient (Wildman–Crippen LogP) is 2.85. The third kappa shape index (κ3) is 2.63. The molecule has 1 fully saturated rings. The number of amides is 1. The maximum absolute atomic E-state index is 13.6. The Labute approximate surface area is 107 Å². The number of rotatable bonds is 2. The van der Waals surface area contributed by atoms with E-state index in [9.17, 15) is 9.18 Å². The molecular weight excluding hydrogens is 233 g/mol. The van der Waals surface area contributed by atoms with E-state index in [1.807, 2.05) is 0 Å². The van der Waals surface area contributed by atoms with Crippen molar-refractivity contribution in [2.45, 2.75) is 25.7 Å². The van der Waals surface area contributed by atoms with E-state index in [1.165, 1.54) is 13.2 Å². The maximum Gasteiger partial charge on any atom is 0.257 e. The molecule has 0 atom stereocenters. The van der Waals surface area contributed by atoms with E-state index in [0.717, 1.165) is 38.8 Å². The highest BCUT2D eigenvalue weighted by molar-refractivity contribution is 5.97. The lowest BCUT2D eigenvalue weighted by atomic mass is 10.1. The van der Waals surface area contributed by atoms with E-state index in [-0.39, 0.29) is 11.7 Å². The molecule has 0 bridgehead atoms. The standard InChI is InChI=1S/C14H18FNO2/c1-18-13-11(7-6-8-12(13)15)14(17)16-9-4-2-3-5-10-16/h6-8H,2-5,9-10H2,1H3. The van der Waals surface area contributed by atoms with Crippen LogP contribution in [0.3, 0.4) is 0 Å². The topological polar surface area (TPSA) is 29.5 Å². The fourth-order valence-electron chi connectivity index (χ4n) is 2.33. The van der Waals surface area contributed by atoms with Gasteiger partial charge in [0.2, 0.25) is 0 Å². The molecule has 0 spiro atoms. The highest BCUT2D eigenvalue weighted by Crippen LogP contribution is 2.24. The zero-order chi connectivity index (χ0) is 13.0. The van der Waals surface area contributed by atoms with Gasteiger partial charge in [0.05, 0.1) is 12.7 Å². The largest absolute Gasteiger partial charge is 0.493 e. The number of benzene rings is 1. The SMILES string of the molecule is COc1c(F)cccc1C(=O)N1CCCCCC1. The average molecular weight is 251 g/mol. The number of hydrogen-bond acceptors (Lipinski definition) is 2. The normalized spacial score (nSPS) is 16.2. The van der Waals surface area contributed by atoms with E-state index in [4.69, 9.17) is 4.74 Å². The molecule has 1 amide bonds. The smallest absolute Gasteiger partial charge is 0.257 e. The quantitative estimate of drug-likeness (QED) is 0.809. The van der Waals surface area contributed by atoms with Crippen molar-refractivity contribution in [3.05, 3.63) is 29.6 Å². The molecule has 1 aromatic rings. The molecule has 2 rings (SSSR count). The minimum absolute atomic E-state index is 0.0479. The van der Waals surface area contributed by atoms with Crippen LogP contribution in [-0.4, -0.2) is 31.0 Å². The van der Waals surface area contributed by atoms with Crippen molar-refractivity contribution in [3.8, 4) is 5.75 Å². The van der Waals surface area contributed by atoms with Gasteiger partial charge in [0.1, 0.15) is 0 Å². The first-order valence-electron chi connectivity index (χ1n) is 6.36. The molecule has 1 aromatic carbocycles. The number of methoxy groups -OCH3 is 1. The van der Waals surface area contributed by atoms with Gasteiger partial charge >= 0.3 is 0 Å². The van der Waals surface area contributed by atoms with Gasteiger partial charge in [0.25, 0.3) is 5.91 Å². The van der Waals surface area contributed by atoms with Gasteiger partial charge in [-0.1, -0.05) is 18.9 Å². The van der Waals surface area contributed by atoms with Gasteiger partial charge in [-0.05, 0) is 25.0 Å². The fourth-order valence-corrected chi connectivity index (χ4v) is 2.33. The molecule has 18 heavy (non-hydrogen) atoms. The van der Waals surface area contributed by atoms with Gasteiger partial charge in [-0.2, -0.15) is 0 Å². The number of nitrogens with zero attached hydrogens (tertiary/aromatic N) is 1. The predicted molar refractivity (Wildman–Crippen MR) is 67.3 cm³/mol. The third-order valence-electron chi connectivity index (χ3n) is 3.29. The van der Waals surface area contributed by atoms with Crippen molar-refractivity contribution in [3.63, 3.8) is 0 Å². The first kappa shape index (κ1) is 12.9. The molecule has 0 radical (unpaired) electrons. The number of halogens is 1. The van der Waals surface area contributed by atoms with E-state index in [1.54, 1.807) is 17.0 Å². The number of para-hydroxylation sites is 1. The number of ether oxygens (including phenoxy) is 1. The Bertz CT molecular complexity index is 426. The van der Waals surface area contributed by atoms with Crippen molar-refractivity contribution < 1.29 is 13.9 Å². The Kier molecular flexibility index (Phi) is 4.18. The molecule has 1 aliphatic heterocycles. The molecular formula is C14H18FNO2. The number of likely N-dealkylation sites (tertiary alicyclic amines) is 1. The van der Waals surface area contributed by atoms with Crippen LogP contribution < -0.4 is 4.74 Å². The molecule has 0 saturated carbocycles. The summed E-state index contributed by atoms with van der Waals surface area (Å²) in [6.07, 6.45) is 4.35. The minimum atomic E-state index is -0.488. The van der Waals surface area contributed by atoms with Crippen LogP contribution in [0, 0.1) is 5.82 Å². The van der Waals surface area contributed by atoms with Crippen LogP contribution in [0.5, 0.6) is 5.75 Å². The lowest BCUT2D eigenvalue weighted by molar-refractivity contribution is 0.0757. The first-order chi connectivity index (χ1) is 8.74. The Morgan fingerprint density at radius 3 is 2.50 bits per heavy atom. The summed E-state index contributed by atoms with van der Waals surface area (Å²) in [5.74, 6) is -0.571. The maximum atomic E-state index is 13.6. The van der Waals surface area contributed by atoms with Crippen LogP contribution in [0.25, 0.3) is 0 Å². The van der Waals surface area contributed by atoms with Gasteiger partial charge in [-0.15, -0.1) is 0 Å². The molecule has 1 saturated heterocycles. The van der Waals surface area contributed by atoms with Crippen LogP contribution in [0.4, 0.5) is 4.39 Å². The van der Waals surface area contributed by atoms with Gasteiger partial charge < -0.3 is 9.64 Å². The number of carbonyl (C=O) groups is 1. The Balaban J connectivity index is 2.24. The van der Waals surface area contributed by atoms with Crippen molar-refractivity contribution in [2.24, 2.45) is 0 Å². The number of carbonyl (C=O) groups excluding carboxylic acids is 1. The highest BCUT2D eigenvalue weighted by atomic mass is 19.1. The third-order valence-corrected chi connectivity index (χ3v) is 3.29. The first-order valence-corrected chi connectivity index (χ1v) is 6.36. The second-order valence-electron chi connectivity index (χ2n) is 4.53. The number of hydrogen-bond donors (Lipinski definition) is 0. The zero-order valence-electron chi connectivity index (χ0n) is 10.6. The van der Waals surface area contributed by atoms with Crippen LogP contribution in [0.15, 0.2) is 18.2 Å². The van der Waals surface area contributed by atoms with Crippen molar-refractivity contribution in [1.29, 1.82) is 0 Å². The van der Waals surface area contributed by atoms with Crippen molar-refractivity contribution >= 4 is 5.91 Å². The van der Waals surface area contributed by atoms with E-state index < -0.39 is 5.82 Å². The highest BCUT2D eigenvalue weighted by Gasteiger charge is 2.22. The summed E-state index contributed by atoms with van der Waals surface area (Å²) in [5, 5.41) is 0. The summed E-state index contributed by atoms with van der Waals surface area (Å²) in [6.45, 7) is 1.50. The summed E-state index contributed by atoms with van der Waals surface area (Å²) in [6, 6.07) is 4.47. The Morgan fingerprint density at radius 2 is 1.89 bits per heavy atom. The lowest BCUT2D eigenvalue weighted by Crippen LogP contribution is -2.32. The lowest BCUT2D eigenvalue weighted by Gasteiger charge is -2.21. The van der Waals surface area contributed by atoms with Crippen LogP contribution in [0.1, 0.15) is 36.0 Å². The van der Waals surface area contributed by atoms with Gasteiger partial charge in [-0.25, -0.2) is 4.39 Å². The van der Waals surface area contributed by atoms with Crippen molar-refractivity contribution in [1.82, 2.24) is 4.90 Å². The molecule has 3 nitrogen and oxygen atoms in total. The summed E-state index contributed by atoms with van der Waals surface area (Å²) in [4.78, 5) is 14.2. The average Bonchev–Trinajstić information content (AvgIpc) is 2.66. The second-order valence-corrected chi connectivity index (χ2v) is 4.53. The Morgan fingerprint density at radius 1 is 1.22 bits per heavy atom.